The van der Waals surface area contributed by atoms with Crippen molar-refractivity contribution in [1.82, 2.24) is 4.90 Å². The first-order valence-electron chi connectivity index (χ1n) is 7.14. The predicted octanol–water partition coefficient (Wildman–Crippen LogP) is 2.31. The van der Waals surface area contributed by atoms with Crippen molar-refractivity contribution >= 4 is 5.96 Å². The molecule has 0 aliphatic carbocycles. The van der Waals surface area contributed by atoms with Gasteiger partial charge in [0.15, 0.2) is 5.96 Å². The van der Waals surface area contributed by atoms with Crippen LogP contribution in [0.15, 0.2) is 23.2 Å². The van der Waals surface area contributed by atoms with Gasteiger partial charge in [-0.1, -0.05) is 6.92 Å². The number of rotatable bonds is 1. The van der Waals surface area contributed by atoms with E-state index >= 15 is 0 Å². The molecule has 0 spiro atoms. The van der Waals surface area contributed by atoms with E-state index in [2.05, 4.69) is 16.8 Å². The largest absolute Gasteiger partial charge is 0.491 e. The maximum atomic E-state index is 13.3. The Morgan fingerprint density at radius 1 is 1.40 bits per heavy atom. The van der Waals surface area contributed by atoms with E-state index in [1.54, 1.807) is 6.07 Å². The van der Waals surface area contributed by atoms with Crippen molar-refractivity contribution in [2.45, 2.75) is 25.8 Å². The molecular weight excluding hydrogens is 257 g/mol. The molecule has 1 saturated heterocycles. The molecule has 3 rings (SSSR count). The molecule has 0 amide bonds. The van der Waals surface area contributed by atoms with E-state index < -0.39 is 0 Å². The Morgan fingerprint density at radius 2 is 2.15 bits per heavy atom. The highest BCUT2D eigenvalue weighted by molar-refractivity contribution is 5.78. The minimum absolute atomic E-state index is 0.194. The van der Waals surface area contributed by atoms with E-state index in [9.17, 15) is 4.39 Å². The molecule has 2 heterocycles. The number of fused-ring (bicyclic) bond motifs is 1. The minimum atomic E-state index is -0.264. The summed E-state index contributed by atoms with van der Waals surface area (Å²) in [6, 6.07) is 4.35. The maximum absolute atomic E-state index is 13.3. The van der Waals surface area contributed by atoms with Crippen molar-refractivity contribution in [3.05, 3.63) is 29.6 Å². The fourth-order valence-electron chi connectivity index (χ4n) is 2.76. The molecule has 20 heavy (non-hydrogen) atoms. The van der Waals surface area contributed by atoms with Gasteiger partial charge in [0.1, 0.15) is 24.2 Å². The molecule has 4 nitrogen and oxygen atoms in total. The minimum Gasteiger partial charge on any atom is -0.491 e. The van der Waals surface area contributed by atoms with Crippen LogP contribution in [0.5, 0.6) is 5.75 Å². The molecule has 1 unspecified atom stereocenters. The zero-order valence-electron chi connectivity index (χ0n) is 11.7. The molecule has 1 atom stereocenters. The van der Waals surface area contributed by atoms with Crippen molar-refractivity contribution in [1.29, 1.82) is 0 Å². The van der Waals surface area contributed by atoms with Gasteiger partial charge in [0.25, 0.3) is 0 Å². The first-order valence-corrected chi connectivity index (χ1v) is 7.14. The highest BCUT2D eigenvalue weighted by atomic mass is 19.1. The average molecular weight is 277 g/mol. The lowest BCUT2D eigenvalue weighted by Gasteiger charge is -2.31. The standard InChI is InChI=1S/C15H20FN3O/c1-10-4-6-19(7-5-10)15(17)18-13-9-20-14-3-2-11(16)8-12(13)14/h2-3,8,10,13H,4-7,9H2,1H3,(H2,17,18). The summed E-state index contributed by atoms with van der Waals surface area (Å²) in [5, 5.41) is 0. The Kier molecular flexibility index (Phi) is 3.51. The number of benzene rings is 1. The monoisotopic (exact) mass is 277 g/mol. The van der Waals surface area contributed by atoms with Crippen LogP contribution in [0.25, 0.3) is 0 Å². The van der Waals surface area contributed by atoms with Gasteiger partial charge in [-0.2, -0.15) is 0 Å². The second-order valence-electron chi connectivity index (χ2n) is 5.67. The third kappa shape index (κ3) is 2.57. The van der Waals surface area contributed by atoms with Crippen molar-refractivity contribution in [3.8, 4) is 5.75 Å². The van der Waals surface area contributed by atoms with E-state index in [4.69, 9.17) is 10.5 Å². The SMILES string of the molecule is CC1CCN(C(N)=NC2COc3ccc(F)cc32)CC1. The predicted molar refractivity (Wildman–Crippen MR) is 76.2 cm³/mol. The van der Waals surface area contributed by atoms with Crippen LogP contribution in [0.3, 0.4) is 0 Å². The first kappa shape index (κ1) is 13.2. The molecule has 0 bridgehead atoms. The van der Waals surface area contributed by atoms with Crippen molar-refractivity contribution in [3.63, 3.8) is 0 Å². The summed E-state index contributed by atoms with van der Waals surface area (Å²) in [5.74, 6) is 1.74. The average Bonchev–Trinajstić information content (AvgIpc) is 2.82. The first-order chi connectivity index (χ1) is 9.63. The Morgan fingerprint density at radius 3 is 2.90 bits per heavy atom. The third-order valence-electron chi connectivity index (χ3n) is 4.12. The molecule has 5 heteroatoms. The topological polar surface area (TPSA) is 50.8 Å². The molecular formula is C15H20FN3O. The molecule has 0 radical (unpaired) electrons. The summed E-state index contributed by atoms with van der Waals surface area (Å²) >= 11 is 0. The van der Waals surface area contributed by atoms with E-state index in [0.717, 1.165) is 37.4 Å². The lowest BCUT2D eigenvalue weighted by molar-refractivity contribution is 0.275. The van der Waals surface area contributed by atoms with Gasteiger partial charge in [0.05, 0.1) is 0 Å². The fourth-order valence-corrected chi connectivity index (χ4v) is 2.76. The van der Waals surface area contributed by atoms with Crippen molar-refractivity contribution in [2.75, 3.05) is 19.7 Å². The lowest BCUT2D eigenvalue weighted by atomic mass is 10.00. The van der Waals surface area contributed by atoms with E-state index in [1.165, 1.54) is 12.1 Å². The number of hydrogen-bond acceptors (Lipinski definition) is 2. The van der Waals surface area contributed by atoms with Crippen LogP contribution in [0.4, 0.5) is 4.39 Å². The molecule has 1 fully saturated rings. The van der Waals surface area contributed by atoms with E-state index in [0.29, 0.717) is 18.3 Å². The normalized spacial score (nSPS) is 23.6. The van der Waals surface area contributed by atoms with Crippen LogP contribution in [-0.2, 0) is 0 Å². The summed E-state index contributed by atoms with van der Waals surface area (Å²) in [6.07, 6.45) is 2.28. The van der Waals surface area contributed by atoms with Gasteiger partial charge in [-0.3, -0.25) is 0 Å². The van der Waals surface area contributed by atoms with Gasteiger partial charge in [0.2, 0.25) is 0 Å². The van der Waals surface area contributed by atoms with Crippen LogP contribution in [0.2, 0.25) is 0 Å². The summed E-state index contributed by atoms with van der Waals surface area (Å²) in [5.41, 5.74) is 6.89. The summed E-state index contributed by atoms with van der Waals surface area (Å²) in [7, 11) is 0. The van der Waals surface area contributed by atoms with Gasteiger partial charge in [-0.05, 0) is 37.0 Å². The van der Waals surface area contributed by atoms with Crippen LogP contribution < -0.4 is 10.5 Å². The van der Waals surface area contributed by atoms with Crippen molar-refractivity contribution in [2.24, 2.45) is 16.6 Å². The Hall–Kier alpha value is -1.78. The second-order valence-corrected chi connectivity index (χ2v) is 5.67. The van der Waals surface area contributed by atoms with Crippen LogP contribution in [0.1, 0.15) is 31.4 Å². The number of ether oxygens (including phenoxy) is 1. The second kappa shape index (κ2) is 5.31. The van der Waals surface area contributed by atoms with Crippen LogP contribution >= 0.6 is 0 Å². The highest BCUT2D eigenvalue weighted by Crippen LogP contribution is 2.35. The Balaban J connectivity index is 1.75. The fraction of sp³-hybridized carbons (Fsp3) is 0.533. The summed E-state index contributed by atoms with van der Waals surface area (Å²) in [4.78, 5) is 6.64. The summed E-state index contributed by atoms with van der Waals surface area (Å²) in [6.45, 7) is 4.58. The van der Waals surface area contributed by atoms with Crippen LogP contribution in [0, 0.1) is 11.7 Å². The quantitative estimate of drug-likeness (QED) is 0.633. The molecule has 2 aliphatic heterocycles. The number of aliphatic imine (C=N–C) groups is 1. The molecule has 0 aromatic heterocycles. The Bertz CT molecular complexity index is 524. The van der Waals surface area contributed by atoms with E-state index in [1.807, 2.05) is 0 Å². The van der Waals surface area contributed by atoms with Gasteiger partial charge >= 0.3 is 0 Å². The number of nitrogens with zero attached hydrogens (tertiary/aromatic N) is 2. The number of halogens is 1. The molecule has 1 aromatic rings. The molecule has 108 valence electrons. The number of likely N-dealkylation sites (tertiary alicyclic amines) is 1. The van der Waals surface area contributed by atoms with Gasteiger partial charge in [-0.25, -0.2) is 9.38 Å². The molecule has 2 aliphatic rings. The van der Waals surface area contributed by atoms with Crippen molar-refractivity contribution < 1.29 is 9.13 Å². The number of guanidine groups is 1. The maximum Gasteiger partial charge on any atom is 0.191 e. The highest BCUT2D eigenvalue weighted by Gasteiger charge is 2.26. The number of hydrogen-bond donors (Lipinski definition) is 1. The lowest BCUT2D eigenvalue weighted by Crippen LogP contribution is -2.42. The van der Waals surface area contributed by atoms with Gasteiger partial charge in [-0.15, -0.1) is 0 Å². The van der Waals surface area contributed by atoms with Crippen LogP contribution in [-0.4, -0.2) is 30.6 Å². The molecule has 2 N–H and O–H groups in total. The van der Waals surface area contributed by atoms with Gasteiger partial charge in [0, 0.05) is 18.7 Å². The Labute approximate surface area is 118 Å². The molecule has 1 aromatic carbocycles. The number of piperidine rings is 1. The third-order valence-corrected chi connectivity index (χ3v) is 4.12. The van der Waals surface area contributed by atoms with E-state index in [-0.39, 0.29) is 11.9 Å². The smallest absolute Gasteiger partial charge is 0.191 e. The zero-order chi connectivity index (χ0) is 14.1. The molecule has 0 saturated carbocycles. The zero-order valence-corrected chi connectivity index (χ0v) is 11.7. The summed E-state index contributed by atoms with van der Waals surface area (Å²) < 4.78 is 18.8. The van der Waals surface area contributed by atoms with Gasteiger partial charge < -0.3 is 15.4 Å². The number of nitrogens with two attached hydrogens (primary N) is 1.